The van der Waals surface area contributed by atoms with Gasteiger partial charge >= 0.3 is 0 Å². The van der Waals surface area contributed by atoms with Gasteiger partial charge in [0.25, 0.3) is 5.56 Å². The number of rotatable bonds is 7. The SMILES string of the molecule is C[C@]1(NC(=O)CCc2nc3ccccc3n(CCc3ccccc3)c2=O)CCS(=O)(=O)C1. The van der Waals surface area contributed by atoms with E-state index in [0.29, 0.717) is 30.6 Å². The number of carbonyl (C=O) groups is 1. The number of para-hydroxylation sites is 2. The monoisotopic (exact) mass is 453 g/mol. The molecule has 8 heteroatoms. The van der Waals surface area contributed by atoms with E-state index in [1.165, 1.54) is 0 Å². The zero-order chi connectivity index (χ0) is 22.8. The molecule has 1 aliphatic heterocycles. The van der Waals surface area contributed by atoms with Crippen molar-refractivity contribution in [3.8, 4) is 0 Å². The van der Waals surface area contributed by atoms with E-state index in [1.54, 1.807) is 11.5 Å². The Morgan fingerprint density at radius 2 is 1.81 bits per heavy atom. The first-order valence-corrected chi connectivity index (χ1v) is 12.6. The first kappa shape index (κ1) is 22.2. The van der Waals surface area contributed by atoms with E-state index in [4.69, 9.17) is 0 Å². The molecule has 0 unspecified atom stereocenters. The molecule has 4 rings (SSSR count). The maximum Gasteiger partial charge on any atom is 0.272 e. The lowest BCUT2D eigenvalue weighted by atomic mass is 10.0. The van der Waals surface area contributed by atoms with Gasteiger partial charge in [0.1, 0.15) is 5.69 Å². The molecule has 0 radical (unpaired) electrons. The summed E-state index contributed by atoms with van der Waals surface area (Å²) in [5.41, 5.74) is 2.02. The van der Waals surface area contributed by atoms with Crippen LogP contribution in [-0.2, 0) is 34.0 Å². The fraction of sp³-hybridized carbons (Fsp3) is 0.375. The molecular formula is C24H27N3O4S. The minimum absolute atomic E-state index is 0.0493. The van der Waals surface area contributed by atoms with Crippen molar-refractivity contribution in [1.29, 1.82) is 0 Å². The third-order valence-electron chi connectivity index (χ3n) is 5.92. The molecule has 0 spiro atoms. The van der Waals surface area contributed by atoms with Gasteiger partial charge in [-0.05, 0) is 37.5 Å². The predicted molar refractivity (Wildman–Crippen MR) is 124 cm³/mol. The van der Waals surface area contributed by atoms with Crippen molar-refractivity contribution in [3.63, 3.8) is 0 Å². The molecular weight excluding hydrogens is 426 g/mol. The number of fused-ring (bicyclic) bond motifs is 1. The van der Waals surface area contributed by atoms with Gasteiger partial charge in [0.05, 0.1) is 28.1 Å². The van der Waals surface area contributed by atoms with E-state index in [0.717, 1.165) is 11.1 Å². The Labute approximate surface area is 187 Å². The molecule has 1 atom stereocenters. The van der Waals surface area contributed by atoms with Gasteiger partial charge in [-0.2, -0.15) is 0 Å². The molecule has 1 fully saturated rings. The number of amides is 1. The third kappa shape index (κ3) is 5.07. The quantitative estimate of drug-likeness (QED) is 0.592. The topological polar surface area (TPSA) is 98.1 Å². The maximum absolute atomic E-state index is 13.2. The van der Waals surface area contributed by atoms with Crippen LogP contribution in [0.5, 0.6) is 0 Å². The summed E-state index contributed by atoms with van der Waals surface area (Å²) < 4.78 is 25.3. The molecule has 3 aromatic rings. The highest BCUT2D eigenvalue weighted by atomic mass is 32.2. The average molecular weight is 454 g/mol. The average Bonchev–Trinajstić information content (AvgIpc) is 3.04. The molecule has 32 heavy (non-hydrogen) atoms. The van der Waals surface area contributed by atoms with Crippen LogP contribution in [0.25, 0.3) is 11.0 Å². The summed E-state index contributed by atoms with van der Waals surface area (Å²) in [7, 11) is -3.11. The van der Waals surface area contributed by atoms with Gasteiger partial charge in [0.2, 0.25) is 5.91 Å². The van der Waals surface area contributed by atoms with Crippen molar-refractivity contribution in [2.45, 2.75) is 44.7 Å². The minimum atomic E-state index is -3.11. The second-order valence-corrected chi connectivity index (χ2v) is 10.9. The Bertz CT molecular complexity index is 1300. The van der Waals surface area contributed by atoms with Crippen molar-refractivity contribution in [2.75, 3.05) is 11.5 Å². The molecule has 1 amide bonds. The highest BCUT2D eigenvalue weighted by Crippen LogP contribution is 2.23. The second-order valence-electron chi connectivity index (χ2n) is 8.69. The Kier molecular flexibility index (Phi) is 6.15. The van der Waals surface area contributed by atoms with Crippen LogP contribution in [0, 0.1) is 0 Å². The van der Waals surface area contributed by atoms with Crippen molar-refractivity contribution in [1.82, 2.24) is 14.9 Å². The van der Waals surface area contributed by atoms with Crippen molar-refractivity contribution >= 4 is 26.8 Å². The number of hydrogen-bond donors (Lipinski definition) is 1. The van der Waals surface area contributed by atoms with Gasteiger partial charge in [-0.3, -0.25) is 9.59 Å². The molecule has 0 bridgehead atoms. The van der Waals surface area contributed by atoms with E-state index >= 15 is 0 Å². The number of hydrogen-bond acceptors (Lipinski definition) is 5. The maximum atomic E-state index is 13.2. The molecule has 1 saturated heterocycles. The first-order chi connectivity index (χ1) is 15.2. The molecule has 7 nitrogen and oxygen atoms in total. The van der Waals surface area contributed by atoms with E-state index in [1.807, 2.05) is 54.6 Å². The van der Waals surface area contributed by atoms with E-state index in [-0.39, 0.29) is 35.8 Å². The number of nitrogens with one attached hydrogen (secondary N) is 1. The van der Waals surface area contributed by atoms with Crippen LogP contribution in [0.3, 0.4) is 0 Å². The Morgan fingerprint density at radius 1 is 1.09 bits per heavy atom. The lowest BCUT2D eigenvalue weighted by molar-refractivity contribution is -0.122. The number of carbonyl (C=O) groups excluding carboxylic acids is 1. The standard InChI is InChI=1S/C24H27N3O4S/c1-24(14-16-32(30,31)17-24)26-22(28)12-11-20-23(29)27(15-13-18-7-3-2-4-8-18)21-10-6-5-9-19(21)25-20/h2-10H,11-17H2,1H3,(H,26,28)/t24-/m0/s1. The van der Waals surface area contributed by atoms with E-state index in [2.05, 4.69) is 10.3 Å². The smallest absolute Gasteiger partial charge is 0.272 e. The van der Waals surface area contributed by atoms with Gasteiger partial charge in [-0.25, -0.2) is 13.4 Å². The lowest BCUT2D eigenvalue weighted by Gasteiger charge is -2.23. The van der Waals surface area contributed by atoms with Crippen molar-refractivity contribution in [3.05, 3.63) is 76.2 Å². The Hall–Kier alpha value is -3.00. The molecule has 2 heterocycles. The molecule has 0 aliphatic carbocycles. The van der Waals surface area contributed by atoms with Gasteiger partial charge < -0.3 is 9.88 Å². The lowest BCUT2D eigenvalue weighted by Crippen LogP contribution is -2.47. The first-order valence-electron chi connectivity index (χ1n) is 10.8. The Balaban J connectivity index is 1.52. The molecule has 1 aliphatic rings. The predicted octanol–water partition coefficient (Wildman–Crippen LogP) is 2.27. The zero-order valence-corrected chi connectivity index (χ0v) is 18.9. The van der Waals surface area contributed by atoms with Gasteiger partial charge in [-0.1, -0.05) is 42.5 Å². The van der Waals surface area contributed by atoms with E-state index < -0.39 is 15.4 Å². The number of aryl methyl sites for hydroxylation is 3. The number of benzene rings is 2. The normalized spacial score (nSPS) is 19.8. The highest BCUT2D eigenvalue weighted by molar-refractivity contribution is 7.91. The van der Waals surface area contributed by atoms with Gasteiger partial charge in [0.15, 0.2) is 9.84 Å². The molecule has 0 saturated carbocycles. The Morgan fingerprint density at radius 3 is 2.53 bits per heavy atom. The van der Waals surface area contributed by atoms with Crippen molar-refractivity contribution < 1.29 is 13.2 Å². The van der Waals surface area contributed by atoms with Crippen molar-refractivity contribution in [2.24, 2.45) is 0 Å². The fourth-order valence-corrected chi connectivity index (χ4v) is 6.35. The molecule has 168 valence electrons. The number of aromatic nitrogens is 2. The summed E-state index contributed by atoms with van der Waals surface area (Å²) in [6, 6.07) is 17.5. The van der Waals surface area contributed by atoms with Crippen LogP contribution >= 0.6 is 0 Å². The van der Waals surface area contributed by atoms with Crippen LogP contribution in [0.2, 0.25) is 0 Å². The van der Waals surface area contributed by atoms with Crippen LogP contribution in [0.4, 0.5) is 0 Å². The molecule has 1 N–H and O–H groups in total. The minimum Gasteiger partial charge on any atom is -0.350 e. The van der Waals surface area contributed by atoms with Crippen LogP contribution < -0.4 is 10.9 Å². The summed E-state index contributed by atoms with van der Waals surface area (Å²) in [6.07, 6.45) is 1.39. The molecule has 1 aromatic heterocycles. The number of nitrogens with zero attached hydrogens (tertiary/aromatic N) is 2. The summed E-state index contributed by atoms with van der Waals surface area (Å²) in [5, 5.41) is 2.84. The zero-order valence-electron chi connectivity index (χ0n) is 18.1. The van der Waals surface area contributed by atoms with Gasteiger partial charge in [0, 0.05) is 19.4 Å². The summed E-state index contributed by atoms with van der Waals surface area (Å²) >= 11 is 0. The third-order valence-corrected chi connectivity index (χ3v) is 7.82. The van der Waals surface area contributed by atoms with E-state index in [9.17, 15) is 18.0 Å². The highest BCUT2D eigenvalue weighted by Gasteiger charge is 2.39. The largest absolute Gasteiger partial charge is 0.350 e. The summed E-state index contributed by atoms with van der Waals surface area (Å²) in [5.74, 6) is -0.233. The summed E-state index contributed by atoms with van der Waals surface area (Å²) in [4.78, 5) is 30.2. The van der Waals surface area contributed by atoms with Crippen LogP contribution in [0.1, 0.15) is 31.0 Å². The number of sulfone groups is 1. The second kappa shape index (κ2) is 8.86. The fourth-order valence-electron chi connectivity index (χ4n) is 4.26. The van der Waals surface area contributed by atoms with Gasteiger partial charge in [-0.15, -0.1) is 0 Å². The molecule has 2 aromatic carbocycles. The van der Waals surface area contributed by atoms with Crippen LogP contribution in [-0.4, -0.2) is 40.9 Å². The summed E-state index contributed by atoms with van der Waals surface area (Å²) in [6.45, 7) is 2.27. The van der Waals surface area contributed by atoms with Crippen LogP contribution in [0.15, 0.2) is 59.4 Å².